The van der Waals surface area contributed by atoms with Crippen LogP contribution >= 0.6 is 0 Å². The number of carbonyl (C=O) groups is 2. The normalized spacial score (nSPS) is 27.6. The van der Waals surface area contributed by atoms with Gasteiger partial charge < -0.3 is 9.47 Å². The van der Waals surface area contributed by atoms with Crippen molar-refractivity contribution in [2.24, 2.45) is 10.8 Å². The van der Waals surface area contributed by atoms with Gasteiger partial charge in [-0.3, -0.25) is 9.59 Å². The highest BCUT2D eigenvalue weighted by Crippen LogP contribution is 2.65. The van der Waals surface area contributed by atoms with E-state index in [-0.39, 0.29) is 0 Å². The number of rotatable bonds is 3. The lowest BCUT2D eigenvalue weighted by Gasteiger charge is -2.15. The zero-order valence-electron chi connectivity index (χ0n) is 8.62. The molecule has 1 aliphatic rings. The molecule has 1 aliphatic carbocycles. The van der Waals surface area contributed by atoms with Crippen molar-refractivity contribution in [3.63, 3.8) is 0 Å². The summed E-state index contributed by atoms with van der Waals surface area (Å²) >= 11 is 0. The zero-order valence-corrected chi connectivity index (χ0v) is 8.62. The highest BCUT2D eigenvalue weighted by molar-refractivity contribution is 6.05. The second kappa shape index (κ2) is 3.12. The van der Waals surface area contributed by atoms with Gasteiger partial charge in [-0.15, -0.1) is 6.58 Å². The van der Waals surface area contributed by atoms with E-state index in [1.54, 1.807) is 13.0 Å². The summed E-state index contributed by atoms with van der Waals surface area (Å²) in [5.41, 5.74) is -1.70. The van der Waals surface area contributed by atoms with Crippen molar-refractivity contribution < 1.29 is 19.1 Å². The van der Waals surface area contributed by atoms with Gasteiger partial charge in [-0.25, -0.2) is 0 Å². The lowest BCUT2D eigenvalue weighted by molar-refractivity contribution is -0.162. The van der Waals surface area contributed by atoms with Crippen LogP contribution in [-0.4, -0.2) is 26.2 Å². The molecule has 0 aromatic carbocycles. The molecule has 0 bridgehead atoms. The summed E-state index contributed by atoms with van der Waals surface area (Å²) in [5, 5.41) is 0. The Labute approximate surface area is 82.9 Å². The third-order valence-corrected chi connectivity index (χ3v) is 3.00. The van der Waals surface area contributed by atoms with Crippen molar-refractivity contribution in [2.45, 2.75) is 13.3 Å². The smallest absolute Gasteiger partial charge is 0.324 e. The van der Waals surface area contributed by atoms with Crippen molar-refractivity contribution >= 4 is 11.9 Å². The minimum atomic E-state index is -1.17. The summed E-state index contributed by atoms with van der Waals surface area (Å²) < 4.78 is 9.22. The first kappa shape index (κ1) is 10.8. The van der Waals surface area contributed by atoms with E-state index in [0.29, 0.717) is 6.42 Å². The molecule has 1 saturated carbocycles. The minimum Gasteiger partial charge on any atom is -0.468 e. The molecule has 1 fully saturated rings. The SMILES string of the molecule is C=CC1(C)CC1(C(=O)OC)C(=O)OC. The average Bonchev–Trinajstić information content (AvgIpc) is 2.85. The molecule has 1 atom stereocenters. The van der Waals surface area contributed by atoms with Crippen LogP contribution in [0.2, 0.25) is 0 Å². The fraction of sp³-hybridized carbons (Fsp3) is 0.600. The van der Waals surface area contributed by atoms with Gasteiger partial charge in [0.05, 0.1) is 14.2 Å². The van der Waals surface area contributed by atoms with E-state index in [0.717, 1.165) is 0 Å². The molecule has 0 spiro atoms. The van der Waals surface area contributed by atoms with E-state index in [4.69, 9.17) is 0 Å². The third-order valence-electron chi connectivity index (χ3n) is 3.00. The Morgan fingerprint density at radius 1 is 1.29 bits per heavy atom. The van der Waals surface area contributed by atoms with Crippen LogP contribution in [0, 0.1) is 10.8 Å². The van der Waals surface area contributed by atoms with Crippen molar-refractivity contribution in [3.05, 3.63) is 12.7 Å². The van der Waals surface area contributed by atoms with E-state index >= 15 is 0 Å². The van der Waals surface area contributed by atoms with Gasteiger partial charge in [0, 0.05) is 5.41 Å². The highest BCUT2D eigenvalue weighted by Gasteiger charge is 2.74. The fourth-order valence-corrected chi connectivity index (χ4v) is 1.80. The molecular weight excluding hydrogens is 184 g/mol. The number of methoxy groups -OCH3 is 2. The molecule has 4 heteroatoms. The van der Waals surface area contributed by atoms with Gasteiger partial charge in [0.2, 0.25) is 0 Å². The maximum Gasteiger partial charge on any atom is 0.324 e. The van der Waals surface area contributed by atoms with Crippen molar-refractivity contribution in [3.8, 4) is 0 Å². The van der Waals surface area contributed by atoms with E-state index in [1.165, 1.54) is 14.2 Å². The van der Waals surface area contributed by atoms with E-state index in [2.05, 4.69) is 16.1 Å². The van der Waals surface area contributed by atoms with Gasteiger partial charge in [0.1, 0.15) is 0 Å². The van der Waals surface area contributed by atoms with Gasteiger partial charge in [-0.2, -0.15) is 0 Å². The molecular formula is C10H14O4. The second-order valence-electron chi connectivity index (χ2n) is 3.69. The highest BCUT2D eigenvalue weighted by atomic mass is 16.5. The molecule has 0 radical (unpaired) electrons. The molecule has 1 rings (SSSR count). The monoisotopic (exact) mass is 198 g/mol. The molecule has 0 heterocycles. The first-order valence-electron chi connectivity index (χ1n) is 4.29. The number of ether oxygens (including phenoxy) is 2. The first-order valence-corrected chi connectivity index (χ1v) is 4.29. The summed E-state index contributed by atoms with van der Waals surface area (Å²) in [4.78, 5) is 23.0. The quantitative estimate of drug-likeness (QED) is 0.384. The van der Waals surface area contributed by atoms with Gasteiger partial charge in [0.25, 0.3) is 0 Å². The van der Waals surface area contributed by atoms with Crippen LogP contribution in [0.25, 0.3) is 0 Å². The van der Waals surface area contributed by atoms with Crippen molar-refractivity contribution in [2.75, 3.05) is 14.2 Å². The number of hydrogen-bond acceptors (Lipinski definition) is 4. The molecule has 4 nitrogen and oxygen atoms in total. The molecule has 1 unspecified atom stereocenters. The van der Waals surface area contributed by atoms with Gasteiger partial charge in [0.15, 0.2) is 5.41 Å². The Morgan fingerprint density at radius 2 is 1.71 bits per heavy atom. The number of allylic oxidation sites excluding steroid dienone is 1. The first-order chi connectivity index (χ1) is 6.48. The lowest BCUT2D eigenvalue weighted by atomic mass is 9.94. The number of carbonyl (C=O) groups excluding carboxylic acids is 2. The Balaban J connectivity index is 3.03. The van der Waals surface area contributed by atoms with Crippen LogP contribution < -0.4 is 0 Å². The second-order valence-corrected chi connectivity index (χ2v) is 3.69. The lowest BCUT2D eigenvalue weighted by Crippen LogP contribution is -2.32. The third kappa shape index (κ3) is 1.06. The molecule has 0 amide bonds. The summed E-state index contributed by atoms with van der Waals surface area (Å²) in [6, 6.07) is 0. The van der Waals surface area contributed by atoms with Crippen LogP contribution in [0.3, 0.4) is 0 Å². The Morgan fingerprint density at radius 3 is 1.93 bits per heavy atom. The molecule has 0 aliphatic heterocycles. The number of esters is 2. The summed E-state index contributed by atoms with van der Waals surface area (Å²) in [6.07, 6.45) is 2.00. The van der Waals surface area contributed by atoms with Crippen LogP contribution in [0.1, 0.15) is 13.3 Å². The van der Waals surface area contributed by atoms with Gasteiger partial charge >= 0.3 is 11.9 Å². The van der Waals surface area contributed by atoms with Crippen molar-refractivity contribution in [1.29, 1.82) is 0 Å². The Bertz CT molecular complexity index is 278. The van der Waals surface area contributed by atoms with E-state index in [1.807, 2.05) is 0 Å². The maximum atomic E-state index is 11.5. The van der Waals surface area contributed by atoms with Gasteiger partial charge in [-0.1, -0.05) is 13.0 Å². The minimum absolute atomic E-state index is 0.406. The van der Waals surface area contributed by atoms with Gasteiger partial charge in [-0.05, 0) is 6.42 Å². The largest absolute Gasteiger partial charge is 0.468 e. The predicted octanol–water partition coefficient (Wildman–Crippen LogP) is 0.915. The molecule has 14 heavy (non-hydrogen) atoms. The molecule has 0 aromatic heterocycles. The summed E-state index contributed by atoms with van der Waals surface area (Å²) in [5.74, 6) is -1.10. The van der Waals surface area contributed by atoms with E-state index in [9.17, 15) is 9.59 Å². The molecule has 0 N–H and O–H groups in total. The summed E-state index contributed by atoms with van der Waals surface area (Å²) in [6.45, 7) is 5.39. The average molecular weight is 198 g/mol. The topological polar surface area (TPSA) is 52.6 Å². The maximum absolute atomic E-state index is 11.5. The fourth-order valence-electron chi connectivity index (χ4n) is 1.80. The predicted molar refractivity (Wildman–Crippen MR) is 49.4 cm³/mol. The standard InChI is InChI=1S/C10H14O4/c1-5-9(2)6-10(9,7(11)13-3)8(12)14-4/h5H,1,6H2,2-4H3. The Hall–Kier alpha value is -1.32. The summed E-state index contributed by atoms with van der Waals surface area (Å²) in [7, 11) is 2.52. The van der Waals surface area contributed by atoms with E-state index < -0.39 is 22.8 Å². The van der Waals surface area contributed by atoms with Crippen LogP contribution in [-0.2, 0) is 19.1 Å². The van der Waals surface area contributed by atoms with Crippen LogP contribution in [0.4, 0.5) is 0 Å². The molecule has 78 valence electrons. The number of hydrogen-bond donors (Lipinski definition) is 0. The Kier molecular flexibility index (Phi) is 2.39. The van der Waals surface area contributed by atoms with Crippen LogP contribution in [0.15, 0.2) is 12.7 Å². The van der Waals surface area contributed by atoms with Crippen molar-refractivity contribution in [1.82, 2.24) is 0 Å². The van der Waals surface area contributed by atoms with Crippen LogP contribution in [0.5, 0.6) is 0 Å². The molecule has 0 aromatic rings. The zero-order chi connectivity index (χ0) is 11.0. The molecule has 0 saturated heterocycles.